The molecule has 0 radical (unpaired) electrons. The van der Waals surface area contributed by atoms with Gasteiger partial charge in [0, 0.05) is 13.2 Å². The van der Waals surface area contributed by atoms with Gasteiger partial charge < -0.3 is 10.1 Å². The first-order valence-electron chi connectivity index (χ1n) is 8.45. The SMILES string of the molecule is O=C(NC[C@@H]1CCCO1)c1nn2c(C(F)(F)F)cc(-c3cccs3)nc2c1Cl. The largest absolute Gasteiger partial charge is 0.433 e. The van der Waals surface area contributed by atoms with Gasteiger partial charge in [-0.2, -0.15) is 18.3 Å². The second kappa shape index (κ2) is 7.34. The predicted octanol–water partition coefficient (Wildman–Crippen LogP) is 4.04. The van der Waals surface area contributed by atoms with E-state index < -0.39 is 17.8 Å². The molecule has 1 aliphatic rings. The number of carbonyl (C=O) groups is 1. The summed E-state index contributed by atoms with van der Waals surface area (Å²) in [6.45, 7) is 0.864. The average Bonchev–Trinajstić information content (AvgIpc) is 3.40. The van der Waals surface area contributed by atoms with Crippen molar-refractivity contribution >= 4 is 34.5 Å². The topological polar surface area (TPSA) is 68.5 Å². The number of ether oxygens (including phenoxy) is 1. The zero-order chi connectivity index (χ0) is 19.9. The van der Waals surface area contributed by atoms with Gasteiger partial charge in [0.2, 0.25) is 0 Å². The molecule has 0 spiro atoms. The van der Waals surface area contributed by atoms with Crippen molar-refractivity contribution in [2.45, 2.75) is 25.1 Å². The number of nitrogens with zero attached hydrogens (tertiary/aromatic N) is 3. The van der Waals surface area contributed by atoms with E-state index in [2.05, 4.69) is 15.4 Å². The summed E-state index contributed by atoms with van der Waals surface area (Å²) < 4.78 is 46.8. The van der Waals surface area contributed by atoms with Gasteiger partial charge in [0.15, 0.2) is 17.0 Å². The number of alkyl halides is 3. The molecule has 1 amide bonds. The summed E-state index contributed by atoms with van der Waals surface area (Å²) in [5.74, 6) is -0.670. The molecule has 0 unspecified atom stereocenters. The van der Waals surface area contributed by atoms with Crippen LogP contribution in [0.25, 0.3) is 16.2 Å². The number of hydrogen-bond donors (Lipinski definition) is 1. The third-order valence-electron chi connectivity index (χ3n) is 4.33. The molecule has 4 heterocycles. The highest BCUT2D eigenvalue weighted by Crippen LogP contribution is 2.35. The third-order valence-corrected chi connectivity index (χ3v) is 5.57. The van der Waals surface area contributed by atoms with Gasteiger partial charge in [-0.05, 0) is 30.4 Å². The zero-order valence-electron chi connectivity index (χ0n) is 14.3. The van der Waals surface area contributed by atoms with Gasteiger partial charge in [-0.25, -0.2) is 9.50 Å². The van der Waals surface area contributed by atoms with Gasteiger partial charge in [-0.3, -0.25) is 4.79 Å². The lowest BCUT2D eigenvalue weighted by Gasteiger charge is -2.10. The molecule has 3 aromatic heterocycles. The fourth-order valence-electron chi connectivity index (χ4n) is 2.98. The van der Waals surface area contributed by atoms with Crippen molar-refractivity contribution in [3.8, 4) is 10.6 Å². The summed E-state index contributed by atoms with van der Waals surface area (Å²) in [4.78, 5) is 17.2. The number of rotatable bonds is 4. The van der Waals surface area contributed by atoms with E-state index in [0.717, 1.165) is 18.9 Å². The van der Waals surface area contributed by atoms with Gasteiger partial charge in [-0.1, -0.05) is 17.7 Å². The van der Waals surface area contributed by atoms with Crippen LogP contribution in [0.2, 0.25) is 5.02 Å². The van der Waals surface area contributed by atoms with Gasteiger partial charge >= 0.3 is 6.18 Å². The van der Waals surface area contributed by atoms with Crippen molar-refractivity contribution in [1.82, 2.24) is 19.9 Å². The van der Waals surface area contributed by atoms with Crippen molar-refractivity contribution in [1.29, 1.82) is 0 Å². The first kappa shape index (κ1) is 19.2. The van der Waals surface area contributed by atoms with Crippen LogP contribution in [-0.4, -0.2) is 39.8 Å². The van der Waals surface area contributed by atoms with Crippen molar-refractivity contribution in [2.24, 2.45) is 0 Å². The number of nitrogens with one attached hydrogen (secondary N) is 1. The van der Waals surface area contributed by atoms with Crippen LogP contribution in [0.3, 0.4) is 0 Å². The second-order valence-corrected chi connectivity index (χ2v) is 7.57. The molecule has 148 valence electrons. The molecule has 1 fully saturated rings. The molecular formula is C17H14ClF3N4O2S. The highest BCUT2D eigenvalue weighted by molar-refractivity contribution is 7.13. The molecule has 1 saturated heterocycles. The molecule has 3 aromatic rings. The molecule has 6 nitrogen and oxygen atoms in total. The lowest BCUT2D eigenvalue weighted by atomic mass is 10.2. The van der Waals surface area contributed by atoms with E-state index in [9.17, 15) is 18.0 Å². The van der Waals surface area contributed by atoms with Crippen LogP contribution in [0.1, 0.15) is 29.0 Å². The molecule has 1 atom stereocenters. The fourth-order valence-corrected chi connectivity index (χ4v) is 3.92. The molecule has 28 heavy (non-hydrogen) atoms. The van der Waals surface area contributed by atoms with Crippen LogP contribution in [0.15, 0.2) is 23.6 Å². The third kappa shape index (κ3) is 3.59. The summed E-state index contributed by atoms with van der Waals surface area (Å²) in [5, 5.41) is 7.92. The standard InChI is InChI=1S/C17H14ClF3N4O2S/c18-13-14(16(26)22-8-9-3-1-5-27-9)24-25-12(17(19,20)21)7-10(23-15(13)25)11-4-2-6-28-11/h2,4,6-7,9H,1,3,5,8H2,(H,22,26)/t9-/m0/s1. The first-order chi connectivity index (χ1) is 13.3. The number of carbonyl (C=O) groups excluding carboxylic acids is 1. The molecule has 0 saturated carbocycles. The molecule has 0 aliphatic carbocycles. The van der Waals surface area contributed by atoms with E-state index in [0.29, 0.717) is 16.0 Å². The second-order valence-electron chi connectivity index (χ2n) is 6.24. The van der Waals surface area contributed by atoms with E-state index in [1.165, 1.54) is 11.3 Å². The van der Waals surface area contributed by atoms with Crippen molar-refractivity contribution < 1.29 is 22.7 Å². The Kier molecular flexibility index (Phi) is 5.02. The average molecular weight is 431 g/mol. The van der Waals surface area contributed by atoms with E-state index in [1.54, 1.807) is 17.5 Å². The van der Waals surface area contributed by atoms with E-state index in [-0.39, 0.29) is 34.7 Å². The van der Waals surface area contributed by atoms with Crippen LogP contribution in [0.4, 0.5) is 13.2 Å². The Balaban J connectivity index is 1.75. The number of thiophene rings is 1. The van der Waals surface area contributed by atoms with Gasteiger partial charge in [-0.15, -0.1) is 11.3 Å². The molecule has 0 bridgehead atoms. The Morgan fingerprint density at radius 2 is 2.29 bits per heavy atom. The maximum absolute atomic E-state index is 13.6. The summed E-state index contributed by atoms with van der Waals surface area (Å²) in [7, 11) is 0. The van der Waals surface area contributed by atoms with Crippen LogP contribution in [0, 0.1) is 0 Å². The minimum atomic E-state index is -4.70. The first-order valence-corrected chi connectivity index (χ1v) is 9.70. The van der Waals surface area contributed by atoms with Crippen LogP contribution >= 0.6 is 22.9 Å². The molecular weight excluding hydrogens is 417 g/mol. The van der Waals surface area contributed by atoms with E-state index >= 15 is 0 Å². The van der Waals surface area contributed by atoms with Crippen LogP contribution in [0.5, 0.6) is 0 Å². The summed E-state index contributed by atoms with van der Waals surface area (Å²) in [6, 6.07) is 4.26. The zero-order valence-corrected chi connectivity index (χ0v) is 15.9. The van der Waals surface area contributed by atoms with Crippen LogP contribution < -0.4 is 5.32 Å². The Morgan fingerprint density at radius 1 is 1.46 bits per heavy atom. The highest BCUT2D eigenvalue weighted by Gasteiger charge is 2.37. The van der Waals surface area contributed by atoms with Crippen LogP contribution in [-0.2, 0) is 10.9 Å². The summed E-state index contributed by atoms with van der Waals surface area (Å²) >= 11 is 7.45. The quantitative estimate of drug-likeness (QED) is 0.678. The number of halogens is 4. The molecule has 0 aromatic carbocycles. The molecule has 4 rings (SSSR count). The number of amides is 1. The Morgan fingerprint density at radius 3 is 2.93 bits per heavy atom. The minimum absolute atomic E-state index is 0.114. The van der Waals surface area contributed by atoms with Gasteiger partial charge in [0.05, 0.1) is 16.7 Å². The monoisotopic (exact) mass is 430 g/mol. The number of fused-ring (bicyclic) bond motifs is 1. The molecule has 1 N–H and O–H groups in total. The smallest absolute Gasteiger partial charge is 0.376 e. The Labute approximate surface area is 166 Å². The lowest BCUT2D eigenvalue weighted by Crippen LogP contribution is -2.32. The van der Waals surface area contributed by atoms with Crippen molar-refractivity contribution in [3.63, 3.8) is 0 Å². The van der Waals surface area contributed by atoms with Gasteiger partial charge in [0.25, 0.3) is 5.91 Å². The number of hydrogen-bond acceptors (Lipinski definition) is 5. The lowest BCUT2D eigenvalue weighted by molar-refractivity contribution is -0.142. The van der Waals surface area contributed by atoms with E-state index in [1.807, 2.05) is 0 Å². The maximum Gasteiger partial charge on any atom is 0.433 e. The van der Waals surface area contributed by atoms with Gasteiger partial charge in [0.1, 0.15) is 5.02 Å². The van der Waals surface area contributed by atoms with Crippen molar-refractivity contribution in [2.75, 3.05) is 13.2 Å². The normalized spacial score (nSPS) is 17.4. The highest BCUT2D eigenvalue weighted by atomic mass is 35.5. The predicted molar refractivity (Wildman–Crippen MR) is 97.6 cm³/mol. The minimum Gasteiger partial charge on any atom is -0.376 e. The number of aromatic nitrogens is 3. The summed E-state index contributed by atoms with van der Waals surface area (Å²) in [5.41, 5.74) is -1.47. The summed E-state index contributed by atoms with van der Waals surface area (Å²) in [6.07, 6.45) is -3.11. The maximum atomic E-state index is 13.6. The fraction of sp³-hybridized carbons (Fsp3) is 0.353. The molecule has 1 aliphatic heterocycles. The Bertz CT molecular complexity index is 1010. The molecule has 11 heteroatoms. The van der Waals surface area contributed by atoms with Crippen molar-refractivity contribution in [3.05, 3.63) is 40.0 Å². The van der Waals surface area contributed by atoms with E-state index in [4.69, 9.17) is 16.3 Å². The Hall–Kier alpha value is -2.17.